The van der Waals surface area contributed by atoms with E-state index in [4.69, 9.17) is 4.74 Å². The lowest BCUT2D eigenvalue weighted by Gasteiger charge is -2.18. The van der Waals surface area contributed by atoms with Gasteiger partial charge in [0, 0.05) is 22.6 Å². The van der Waals surface area contributed by atoms with Crippen molar-refractivity contribution in [1.29, 1.82) is 0 Å². The molecule has 1 heterocycles. The Morgan fingerprint density at radius 3 is 2.92 bits per heavy atom. The molecule has 1 aliphatic carbocycles. The van der Waals surface area contributed by atoms with Crippen LogP contribution in [0.5, 0.6) is 0 Å². The molecule has 24 heavy (non-hydrogen) atoms. The van der Waals surface area contributed by atoms with E-state index >= 15 is 0 Å². The minimum atomic E-state index is -0.463. The van der Waals surface area contributed by atoms with Crippen molar-refractivity contribution in [2.24, 2.45) is 5.92 Å². The number of amides is 1. The number of fused-ring (bicyclic) bond motifs is 3. The van der Waals surface area contributed by atoms with E-state index in [1.54, 1.807) is 6.07 Å². The van der Waals surface area contributed by atoms with Crippen molar-refractivity contribution in [2.75, 3.05) is 6.61 Å². The van der Waals surface area contributed by atoms with Gasteiger partial charge in [-0.05, 0) is 62.8 Å². The molecule has 0 fully saturated rings. The molecule has 2 N–H and O–H groups in total. The topological polar surface area (TPSA) is 71.2 Å². The van der Waals surface area contributed by atoms with Crippen molar-refractivity contribution in [3.05, 3.63) is 35.0 Å². The summed E-state index contributed by atoms with van der Waals surface area (Å²) in [4.78, 5) is 27.3. The third-order valence-electron chi connectivity index (χ3n) is 4.45. The average molecular weight is 328 g/mol. The normalized spacial score (nSPS) is 16.9. The van der Waals surface area contributed by atoms with Crippen molar-refractivity contribution in [3.63, 3.8) is 0 Å². The maximum atomic E-state index is 12.2. The molecule has 1 amide bonds. The van der Waals surface area contributed by atoms with Gasteiger partial charge in [0.05, 0.1) is 5.56 Å². The van der Waals surface area contributed by atoms with Crippen LogP contribution in [0.1, 0.15) is 48.8 Å². The Labute approximate surface area is 141 Å². The highest BCUT2D eigenvalue weighted by Gasteiger charge is 2.21. The Bertz CT molecular complexity index is 776. The van der Waals surface area contributed by atoms with Gasteiger partial charge >= 0.3 is 5.97 Å². The van der Waals surface area contributed by atoms with Crippen molar-refractivity contribution in [3.8, 4) is 0 Å². The molecule has 0 unspecified atom stereocenters. The van der Waals surface area contributed by atoms with E-state index in [-0.39, 0.29) is 18.6 Å². The third-order valence-corrected chi connectivity index (χ3v) is 4.45. The van der Waals surface area contributed by atoms with Crippen molar-refractivity contribution in [1.82, 2.24) is 10.3 Å². The predicted octanol–water partition coefficient (Wildman–Crippen LogP) is 2.97. The minimum Gasteiger partial charge on any atom is -0.452 e. The van der Waals surface area contributed by atoms with Crippen LogP contribution < -0.4 is 5.32 Å². The van der Waals surface area contributed by atoms with Gasteiger partial charge in [-0.3, -0.25) is 4.79 Å². The van der Waals surface area contributed by atoms with Gasteiger partial charge in [-0.15, -0.1) is 0 Å². The second-order valence-electron chi connectivity index (χ2n) is 6.99. The standard InChI is InChI=1S/C19H24N2O3/c1-11(2)20-18(22)10-24-19(23)13-5-7-17-15(9-13)14-8-12(3)4-6-16(14)21-17/h5,7,9,11-12,21H,4,6,8,10H2,1-3H3,(H,20,22)/t12-/m1/s1. The molecule has 1 aromatic heterocycles. The monoisotopic (exact) mass is 328 g/mol. The highest BCUT2D eigenvalue weighted by Crippen LogP contribution is 2.32. The van der Waals surface area contributed by atoms with Crippen LogP contribution in [-0.2, 0) is 22.4 Å². The molecule has 128 valence electrons. The number of aromatic nitrogens is 1. The Morgan fingerprint density at radius 1 is 1.38 bits per heavy atom. The number of benzene rings is 1. The molecule has 3 rings (SSSR count). The van der Waals surface area contributed by atoms with E-state index in [1.807, 2.05) is 26.0 Å². The summed E-state index contributed by atoms with van der Waals surface area (Å²) < 4.78 is 5.12. The van der Waals surface area contributed by atoms with E-state index in [1.165, 1.54) is 17.7 Å². The zero-order valence-corrected chi connectivity index (χ0v) is 14.4. The molecule has 0 spiro atoms. The van der Waals surface area contributed by atoms with Crippen LogP contribution in [0.4, 0.5) is 0 Å². The molecule has 5 heteroatoms. The first-order chi connectivity index (χ1) is 11.4. The fraction of sp³-hybridized carbons (Fsp3) is 0.474. The molecule has 0 saturated carbocycles. The predicted molar refractivity (Wildman–Crippen MR) is 93.0 cm³/mol. The summed E-state index contributed by atoms with van der Waals surface area (Å²) in [6.07, 6.45) is 3.28. The smallest absolute Gasteiger partial charge is 0.338 e. The zero-order chi connectivity index (χ0) is 17.3. The van der Waals surface area contributed by atoms with E-state index in [9.17, 15) is 9.59 Å². The number of esters is 1. The summed E-state index contributed by atoms with van der Waals surface area (Å²) in [5.74, 6) is -0.0891. The van der Waals surface area contributed by atoms with Gasteiger partial charge in [0.25, 0.3) is 5.91 Å². The number of hydrogen-bond acceptors (Lipinski definition) is 3. The lowest BCUT2D eigenvalue weighted by Crippen LogP contribution is -2.33. The summed E-state index contributed by atoms with van der Waals surface area (Å²) in [6, 6.07) is 5.58. The lowest BCUT2D eigenvalue weighted by molar-refractivity contribution is -0.124. The summed E-state index contributed by atoms with van der Waals surface area (Å²) in [5.41, 5.74) is 4.14. The number of carbonyl (C=O) groups is 2. The number of hydrogen-bond donors (Lipinski definition) is 2. The molecule has 1 aliphatic rings. The molecule has 0 radical (unpaired) electrons. The second kappa shape index (κ2) is 6.67. The Hall–Kier alpha value is -2.30. The molecule has 1 atom stereocenters. The van der Waals surface area contributed by atoms with Gasteiger partial charge in [0.1, 0.15) is 0 Å². The highest BCUT2D eigenvalue weighted by molar-refractivity contribution is 5.97. The Kier molecular flexibility index (Phi) is 4.60. The zero-order valence-electron chi connectivity index (χ0n) is 14.4. The van der Waals surface area contributed by atoms with Crippen LogP contribution in [-0.4, -0.2) is 29.5 Å². The highest BCUT2D eigenvalue weighted by atomic mass is 16.5. The fourth-order valence-electron chi connectivity index (χ4n) is 3.30. The molecule has 0 saturated heterocycles. The summed E-state index contributed by atoms with van der Waals surface area (Å²) in [7, 11) is 0. The molecular formula is C19H24N2O3. The molecule has 2 aromatic rings. The first-order valence-corrected chi connectivity index (χ1v) is 8.54. The van der Waals surface area contributed by atoms with E-state index in [0.29, 0.717) is 11.5 Å². The molecule has 0 bridgehead atoms. The van der Waals surface area contributed by atoms with E-state index in [0.717, 1.165) is 23.7 Å². The maximum Gasteiger partial charge on any atom is 0.338 e. The van der Waals surface area contributed by atoms with Crippen LogP contribution in [0.15, 0.2) is 18.2 Å². The maximum absolute atomic E-state index is 12.2. The molecule has 1 aromatic carbocycles. The fourth-order valence-corrected chi connectivity index (χ4v) is 3.30. The van der Waals surface area contributed by atoms with Crippen LogP contribution >= 0.6 is 0 Å². The molecular weight excluding hydrogens is 304 g/mol. The van der Waals surface area contributed by atoms with Gasteiger partial charge in [-0.2, -0.15) is 0 Å². The van der Waals surface area contributed by atoms with Crippen molar-refractivity contribution < 1.29 is 14.3 Å². The first kappa shape index (κ1) is 16.6. The van der Waals surface area contributed by atoms with Crippen LogP contribution in [0.25, 0.3) is 10.9 Å². The van der Waals surface area contributed by atoms with Gasteiger partial charge in [-0.1, -0.05) is 6.92 Å². The number of aryl methyl sites for hydroxylation is 1. The third kappa shape index (κ3) is 3.45. The van der Waals surface area contributed by atoms with Crippen LogP contribution in [0.2, 0.25) is 0 Å². The summed E-state index contributed by atoms with van der Waals surface area (Å²) in [5, 5.41) is 3.79. The number of aromatic amines is 1. The Balaban J connectivity index is 1.76. The average Bonchev–Trinajstić information content (AvgIpc) is 2.89. The van der Waals surface area contributed by atoms with E-state index < -0.39 is 5.97 Å². The number of H-pyrrole nitrogens is 1. The quantitative estimate of drug-likeness (QED) is 0.848. The van der Waals surface area contributed by atoms with Crippen LogP contribution in [0, 0.1) is 5.92 Å². The molecule has 0 aliphatic heterocycles. The van der Waals surface area contributed by atoms with Gasteiger partial charge < -0.3 is 15.0 Å². The summed E-state index contributed by atoms with van der Waals surface area (Å²) in [6.45, 7) is 5.73. The number of rotatable bonds is 4. The largest absolute Gasteiger partial charge is 0.452 e. The summed E-state index contributed by atoms with van der Waals surface area (Å²) >= 11 is 0. The lowest BCUT2D eigenvalue weighted by atomic mass is 9.87. The number of ether oxygens (including phenoxy) is 1. The van der Waals surface area contributed by atoms with Gasteiger partial charge in [0.15, 0.2) is 6.61 Å². The number of carbonyl (C=O) groups excluding carboxylic acids is 2. The van der Waals surface area contributed by atoms with Gasteiger partial charge in [-0.25, -0.2) is 4.79 Å². The second-order valence-corrected chi connectivity index (χ2v) is 6.99. The van der Waals surface area contributed by atoms with Crippen molar-refractivity contribution >= 4 is 22.8 Å². The van der Waals surface area contributed by atoms with Crippen LogP contribution in [0.3, 0.4) is 0 Å². The molecule has 5 nitrogen and oxygen atoms in total. The SMILES string of the molecule is CC(C)NC(=O)COC(=O)c1ccc2[nH]c3c(c2c1)C[C@H](C)CC3. The van der Waals surface area contributed by atoms with Gasteiger partial charge in [0.2, 0.25) is 0 Å². The van der Waals surface area contributed by atoms with Crippen molar-refractivity contribution in [2.45, 2.75) is 46.1 Å². The first-order valence-electron chi connectivity index (χ1n) is 8.54. The number of nitrogens with one attached hydrogen (secondary N) is 2. The minimum absolute atomic E-state index is 0.0286. The van der Waals surface area contributed by atoms with E-state index in [2.05, 4.69) is 17.2 Å². The Morgan fingerprint density at radius 2 is 2.17 bits per heavy atom.